The van der Waals surface area contributed by atoms with Crippen molar-refractivity contribution in [3.8, 4) is 17.2 Å². The zero-order valence-electron chi connectivity index (χ0n) is 14.3. The van der Waals surface area contributed by atoms with Crippen molar-refractivity contribution < 1.29 is 19.0 Å². The van der Waals surface area contributed by atoms with Gasteiger partial charge in [0, 0.05) is 29.1 Å². The number of unbranched alkanes of at least 4 members (excludes halogenated alkanes) is 1. The number of amides is 1. The van der Waals surface area contributed by atoms with E-state index in [1.165, 1.54) is 4.88 Å². The topological polar surface area (TPSA) is 56.8 Å². The smallest absolute Gasteiger partial charge is 0.224 e. The molecule has 0 aliphatic carbocycles. The lowest BCUT2D eigenvalue weighted by Gasteiger charge is -2.14. The highest BCUT2D eigenvalue weighted by Gasteiger charge is 2.14. The average molecular weight is 349 g/mol. The molecule has 2 aromatic rings. The zero-order chi connectivity index (χ0) is 17.4. The van der Waals surface area contributed by atoms with Crippen LogP contribution in [0.3, 0.4) is 0 Å². The van der Waals surface area contributed by atoms with Gasteiger partial charge in [-0.2, -0.15) is 0 Å². The minimum absolute atomic E-state index is 0.0181. The predicted octanol–water partition coefficient (Wildman–Crippen LogP) is 4.13. The number of carbonyl (C=O) groups excluding carboxylic acids is 1. The van der Waals surface area contributed by atoms with Crippen LogP contribution in [0.5, 0.6) is 17.2 Å². The third-order valence-corrected chi connectivity index (χ3v) is 4.54. The number of rotatable bonds is 9. The average Bonchev–Trinajstić information content (AvgIpc) is 3.11. The van der Waals surface area contributed by atoms with Crippen LogP contribution in [-0.4, -0.2) is 27.2 Å². The maximum Gasteiger partial charge on any atom is 0.224 e. The summed E-state index contributed by atoms with van der Waals surface area (Å²) in [4.78, 5) is 13.5. The Kier molecular flexibility index (Phi) is 6.93. The van der Waals surface area contributed by atoms with E-state index in [1.54, 1.807) is 44.8 Å². The number of aryl methyl sites for hydroxylation is 1. The Labute approximate surface area is 146 Å². The van der Waals surface area contributed by atoms with Gasteiger partial charge < -0.3 is 19.5 Å². The van der Waals surface area contributed by atoms with E-state index in [2.05, 4.69) is 22.8 Å². The second-order valence-corrected chi connectivity index (χ2v) is 6.28. The van der Waals surface area contributed by atoms with Crippen LogP contribution in [0.2, 0.25) is 0 Å². The third kappa shape index (κ3) is 4.89. The van der Waals surface area contributed by atoms with E-state index in [4.69, 9.17) is 14.2 Å². The minimum atomic E-state index is -0.0181. The van der Waals surface area contributed by atoms with Crippen LogP contribution >= 0.6 is 11.3 Å². The molecule has 1 amide bonds. The largest absolute Gasteiger partial charge is 0.493 e. The van der Waals surface area contributed by atoms with Crippen LogP contribution in [-0.2, 0) is 11.2 Å². The fourth-order valence-electron chi connectivity index (χ4n) is 2.42. The SMILES string of the molecule is COc1cc(NC(=O)CCCCc2cccs2)cc(OC)c1OC. The van der Waals surface area contributed by atoms with Gasteiger partial charge >= 0.3 is 0 Å². The summed E-state index contributed by atoms with van der Waals surface area (Å²) < 4.78 is 15.8. The summed E-state index contributed by atoms with van der Waals surface area (Å²) in [6, 6.07) is 7.63. The van der Waals surface area contributed by atoms with Gasteiger partial charge in [0.25, 0.3) is 0 Å². The lowest BCUT2D eigenvalue weighted by molar-refractivity contribution is -0.116. The molecule has 0 unspecified atom stereocenters. The number of methoxy groups -OCH3 is 3. The van der Waals surface area contributed by atoms with Gasteiger partial charge in [-0.25, -0.2) is 0 Å². The van der Waals surface area contributed by atoms with Crippen molar-refractivity contribution in [2.75, 3.05) is 26.6 Å². The molecule has 0 spiro atoms. The highest BCUT2D eigenvalue weighted by molar-refractivity contribution is 7.09. The quantitative estimate of drug-likeness (QED) is 0.692. The van der Waals surface area contributed by atoms with Crippen LogP contribution in [0.4, 0.5) is 5.69 Å². The molecule has 0 saturated carbocycles. The fraction of sp³-hybridized carbons (Fsp3) is 0.389. The summed E-state index contributed by atoms with van der Waals surface area (Å²) in [7, 11) is 4.65. The normalized spacial score (nSPS) is 10.3. The molecule has 0 fully saturated rings. The summed E-state index contributed by atoms with van der Waals surface area (Å²) in [6.45, 7) is 0. The highest BCUT2D eigenvalue weighted by atomic mass is 32.1. The molecule has 24 heavy (non-hydrogen) atoms. The highest BCUT2D eigenvalue weighted by Crippen LogP contribution is 2.39. The standard InChI is InChI=1S/C18H23NO4S/c1-21-15-11-13(12-16(22-2)18(15)23-3)19-17(20)9-5-4-7-14-8-6-10-24-14/h6,8,10-12H,4-5,7,9H2,1-3H3,(H,19,20). The van der Waals surface area contributed by atoms with E-state index >= 15 is 0 Å². The van der Waals surface area contributed by atoms with Gasteiger partial charge in [-0.05, 0) is 30.7 Å². The molecule has 0 aliphatic heterocycles. The number of ether oxygens (including phenoxy) is 3. The number of thiophene rings is 1. The molecule has 5 nitrogen and oxygen atoms in total. The number of nitrogens with one attached hydrogen (secondary N) is 1. The Morgan fingerprint density at radius 2 is 1.79 bits per heavy atom. The summed E-state index contributed by atoms with van der Waals surface area (Å²) in [5.74, 6) is 1.53. The number of benzene rings is 1. The zero-order valence-corrected chi connectivity index (χ0v) is 15.1. The van der Waals surface area contributed by atoms with E-state index in [0.717, 1.165) is 19.3 Å². The van der Waals surface area contributed by atoms with Gasteiger partial charge in [-0.15, -0.1) is 11.3 Å². The van der Waals surface area contributed by atoms with Crippen molar-refractivity contribution in [1.29, 1.82) is 0 Å². The van der Waals surface area contributed by atoms with Crippen LogP contribution in [0.15, 0.2) is 29.6 Å². The minimum Gasteiger partial charge on any atom is -0.493 e. The van der Waals surface area contributed by atoms with Crippen molar-refractivity contribution in [3.05, 3.63) is 34.5 Å². The molecule has 2 rings (SSSR count). The molecule has 0 bridgehead atoms. The molecule has 1 heterocycles. The molecule has 1 aromatic carbocycles. The Morgan fingerprint density at radius 3 is 2.33 bits per heavy atom. The molecule has 0 aliphatic rings. The molecule has 0 atom stereocenters. The summed E-state index contributed by atoms with van der Waals surface area (Å²) in [6.07, 6.45) is 3.37. The molecule has 6 heteroatoms. The van der Waals surface area contributed by atoms with Gasteiger partial charge in [-0.1, -0.05) is 6.07 Å². The van der Waals surface area contributed by atoms with Crippen molar-refractivity contribution in [3.63, 3.8) is 0 Å². The molecule has 0 radical (unpaired) electrons. The first-order valence-electron chi connectivity index (χ1n) is 7.80. The molecule has 130 valence electrons. The van der Waals surface area contributed by atoms with Gasteiger partial charge in [0.2, 0.25) is 11.7 Å². The van der Waals surface area contributed by atoms with Crippen molar-refractivity contribution in [1.82, 2.24) is 0 Å². The Hall–Kier alpha value is -2.21. The van der Waals surface area contributed by atoms with Crippen molar-refractivity contribution in [2.24, 2.45) is 0 Å². The second-order valence-electron chi connectivity index (χ2n) is 5.25. The van der Waals surface area contributed by atoms with Crippen molar-refractivity contribution >= 4 is 22.9 Å². The first-order chi connectivity index (χ1) is 11.7. The summed E-state index contributed by atoms with van der Waals surface area (Å²) in [5.41, 5.74) is 0.632. The van der Waals surface area contributed by atoms with Crippen LogP contribution in [0.25, 0.3) is 0 Å². The van der Waals surface area contributed by atoms with Crippen LogP contribution in [0, 0.1) is 0 Å². The third-order valence-electron chi connectivity index (χ3n) is 3.61. The summed E-state index contributed by atoms with van der Waals surface area (Å²) >= 11 is 1.76. The number of hydrogen-bond acceptors (Lipinski definition) is 5. The first-order valence-corrected chi connectivity index (χ1v) is 8.68. The molecule has 1 N–H and O–H groups in total. The second kappa shape index (κ2) is 9.17. The van der Waals surface area contributed by atoms with Crippen molar-refractivity contribution in [2.45, 2.75) is 25.7 Å². The van der Waals surface area contributed by atoms with E-state index < -0.39 is 0 Å². The maximum absolute atomic E-state index is 12.1. The monoisotopic (exact) mass is 349 g/mol. The number of hydrogen-bond donors (Lipinski definition) is 1. The molecule has 1 aromatic heterocycles. The van der Waals surface area contributed by atoms with E-state index in [9.17, 15) is 4.79 Å². The van der Waals surface area contributed by atoms with Gasteiger partial charge in [0.05, 0.1) is 21.3 Å². The number of carbonyl (C=O) groups is 1. The van der Waals surface area contributed by atoms with Gasteiger partial charge in [0.15, 0.2) is 11.5 Å². The first kappa shape index (κ1) is 18.1. The Bertz CT molecular complexity index is 630. The molecule has 0 saturated heterocycles. The Balaban J connectivity index is 1.88. The Morgan fingerprint density at radius 1 is 1.08 bits per heavy atom. The van der Waals surface area contributed by atoms with Crippen LogP contribution < -0.4 is 19.5 Å². The predicted molar refractivity (Wildman–Crippen MR) is 96.6 cm³/mol. The van der Waals surface area contributed by atoms with E-state index in [1.807, 2.05) is 0 Å². The van der Waals surface area contributed by atoms with Crippen LogP contribution in [0.1, 0.15) is 24.1 Å². The molecular formula is C18H23NO4S. The van der Waals surface area contributed by atoms with Gasteiger partial charge in [0.1, 0.15) is 0 Å². The van der Waals surface area contributed by atoms with E-state index in [0.29, 0.717) is 29.4 Å². The van der Waals surface area contributed by atoms with Gasteiger partial charge in [-0.3, -0.25) is 4.79 Å². The lowest BCUT2D eigenvalue weighted by Crippen LogP contribution is -2.11. The molecular weight excluding hydrogens is 326 g/mol. The maximum atomic E-state index is 12.1. The lowest BCUT2D eigenvalue weighted by atomic mass is 10.1. The summed E-state index contributed by atoms with van der Waals surface area (Å²) in [5, 5.41) is 4.96. The van der Waals surface area contributed by atoms with E-state index in [-0.39, 0.29) is 5.91 Å². The number of anilines is 1. The fourth-order valence-corrected chi connectivity index (χ4v) is 3.17.